The third-order valence-electron chi connectivity index (χ3n) is 2.38. The van der Waals surface area contributed by atoms with Crippen LogP contribution in [-0.4, -0.2) is 22.5 Å². The SMILES string of the molecule is CC(=O)c1ccc(NCCc2ncon2)cc1. The molecule has 0 fully saturated rings. The molecular weight excluding hydrogens is 218 g/mol. The Morgan fingerprint density at radius 1 is 1.35 bits per heavy atom. The third-order valence-corrected chi connectivity index (χ3v) is 2.38. The molecule has 0 saturated carbocycles. The van der Waals surface area contributed by atoms with Crippen molar-refractivity contribution in [3.8, 4) is 0 Å². The molecule has 2 rings (SSSR count). The molecule has 5 nitrogen and oxygen atoms in total. The number of aromatic nitrogens is 2. The lowest BCUT2D eigenvalue weighted by atomic mass is 10.1. The zero-order valence-electron chi connectivity index (χ0n) is 9.51. The molecule has 0 aliphatic rings. The Hall–Kier alpha value is -2.17. The predicted octanol–water partition coefficient (Wildman–Crippen LogP) is 1.93. The molecule has 1 aromatic carbocycles. The van der Waals surface area contributed by atoms with Crippen LogP contribution in [-0.2, 0) is 6.42 Å². The molecule has 17 heavy (non-hydrogen) atoms. The van der Waals surface area contributed by atoms with Gasteiger partial charge in [0.1, 0.15) is 0 Å². The van der Waals surface area contributed by atoms with E-state index in [-0.39, 0.29) is 5.78 Å². The average Bonchev–Trinajstić information content (AvgIpc) is 2.83. The van der Waals surface area contributed by atoms with E-state index in [1.165, 1.54) is 6.39 Å². The number of ketones is 1. The zero-order valence-corrected chi connectivity index (χ0v) is 9.51. The van der Waals surface area contributed by atoms with Crippen molar-refractivity contribution >= 4 is 11.5 Å². The summed E-state index contributed by atoms with van der Waals surface area (Å²) in [5.41, 5.74) is 1.69. The second-order valence-electron chi connectivity index (χ2n) is 3.66. The van der Waals surface area contributed by atoms with Crippen molar-refractivity contribution in [3.63, 3.8) is 0 Å². The topological polar surface area (TPSA) is 68.0 Å². The van der Waals surface area contributed by atoms with Gasteiger partial charge in [0, 0.05) is 24.2 Å². The maximum absolute atomic E-state index is 11.1. The summed E-state index contributed by atoms with van der Waals surface area (Å²) in [5, 5.41) is 6.93. The molecule has 0 aliphatic heterocycles. The first-order valence-corrected chi connectivity index (χ1v) is 5.36. The predicted molar refractivity (Wildman–Crippen MR) is 62.9 cm³/mol. The highest BCUT2D eigenvalue weighted by Gasteiger charge is 2.00. The van der Waals surface area contributed by atoms with Crippen molar-refractivity contribution in [2.45, 2.75) is 13.3 Å². The first-order chi connectivity index (χ1) is 8.25. The molecule has 0 bridgehead atoms. The van der Waals surface area contributed by atoms with Crippen LogP contribution in [0.3, 0.4) is 0 Å². The van der Waals surface area contributed by atoms with Crippen LogP contribution in [0.2, 0.25) is 0 Å². The summed E-state index contributed by atoms with van der Waals surface area (Å²) in [4.78, 5) is 15.0. The van der Waals surface area contributed by atoms with Crippen molar-refractivity contribution in [2.75, 3.05) is 11.9 Å². The van der Waals surface area contributed by atoms with E-state index in [0.29, 0.717) is 17.8 Å². The highest BCUT2D eigenvalue weighted by atomic mass is 16.5. The van der Waals surface area contributed by atoms with E-state index in [1.807, 2.05) is 12.1 Å². The first-order valence-electron chi connectivity index (χ1n) is 5.36. The lowest BCUT2D eigenvalue weighted by Crippen LogP contribution is -2.06. The van der Waals surface area contributed by atoms with Gasteiger partial charge in [-0.25, -0.2) is 0 Å². The van der Waals surface area contributed by atoms with E-state index in [2.05, 4.69) is 20.0 Å². The number of Topliss-reactive ketones (excluding diaryl/α,β-unsaturated/α-hetero) is 1. The molecule has 88 valence electrons. The van der Waals surface area contributed by atoms with Gasteiger partial charge in [-0.05, 0) is 31.2 Å². The number of nitrogens with zero attached hydrogens (tertiary/aromatic N) is 2. The number of anilines is 1. The Balaban J connectivity index is 1.85. The van der Waals surface area contributed by atoms with Gasteiger partial charge in [-0.15, -0.1) is 0 Å². The molecule has 1 aromatic heterocycles. The van der Waals surface area contributed by atoms with Crippen LogP contribution in [0.15, 0.2) is 35.2 Å². The summed E-state index contributed by atoms with van der Waals surface area (Å²) in [5.74, 6) is 0.751. The number of hydrogen-bond donors (Lipinski definition) is 1. The molecule has 0 unspecified atom stereocenters. The van der Waals surface area contributed by atoms with E-state index < -0.39 is 0 Å². The van der Waals surface area contributed by atoms with Crippen LogP contribution >= 0.6 is 0 Å². The van der Waals surface area contributed by atoms with Crippen molar-refractivity contribution in [2.24, 2.45) is 0 Å². The van der Waals surface area contributed by atoms with Gasteiger partial charge in [-0.1, -0.05) is 5.16 Å². The zero-order chi connectivity index (χ0) is 12.1. The number of hydrogen-bond acceptors (Lipinski definition) is 5. The number of benzene rings is 1. The largest absolute Gasteiger partial charge is 0.385 e. The molecule has 1 N–H and O–H groups in total. The van der Waals surface area contributed by atoms with E-state index in [0.717, 1.165) is 12.2 Å². The molecule has 5 heteroatoms. The second kappa shape index (κ2) is 5.25. The Morgan fingerprint density at radius 2 is 2.12 bits per heavy atom. The monoisotopic (exact) mass is 231 g/mol. The molecule has 0 spiro atoms. The Bertz CT molecular complexity index is 477. The molecule has 0 amide bonds. The Labute approximate surface area is 98.8 Å². The van der Waals surface area contributed by atoms with Crippen LogP contribution in [0.25, 0.3) is 0 Å². The van der Waals surface area contributed by atoms with Crippen molar-refractivity contribution < 1.29 is 9.32 Å². The molecule has 1 heterocycles. The summed E-state index contributed by atoms with van der Waals surface area (Å²) in [6.45, 7) is 2.28. The standard InChI is InChI=1S/C12H13N3O2/c1-9(16)10-2-4-11(5-3-10)13-7-6-12-14-8-17-15-12/h2-5,8,13H,6-7H2,1H3. The smallest absolute Gasteiger partial charge is 0.213 e. The van der Waals surface area contributed by atoms with Crippen molar-refractivity contribution in [3.05, 3.63) is 42.0 Å². The van der Waals surface area contributed by atoms with Crippen LogP contribution in [0.4, 0.5) is 5.69 Å². The van der Waals surface area contributed by atoms with Gasteiger partial charge < -0.3 is 9.84 Å². The average molecular weight is 231 g/mol. The van der Waals surface area contributed by atoms with E-state index in [4.69, 9.17) is 0 Å². The lowest BCUT2D eigenvalue weighted by molar-refractivity contribution is 0.101. The summed E-state index contributed by atoms with van der Waals surface area (Å²) in [6.07, 6.45) is 2.02. The van der Waals surface area contributed by atoms with Crippen LogP contribution in [0.5, 0.6) is 0 Å². The van der Waals surface area contributed by atoms with Gasteiger partial charge in [0.25, 0.3) is 0 Å². The van der Waals surface area contributed by atoms with Crippen LogP contribution in [0, 0.1) is 0 Å². The summed E-state index contributed by atoms with van der Waals surface area (Å²) in [6, 6.07) is 7.37. The fourth-order valence-corrected chi connectivity index (χ4v) is 1.44. The molecule has 0 atom stereocenters. The molecule has 0 radical (unpaired) electrons. The van der Waals surface area contributed by atoms with Gasteiger partial charge in [0.05, 0.1) is 0 Å². The number of carbonyl (C=O) groups is 1. The van der Waals surface area contributed by atoms with E-state index in [9.17, 15) is 4.79 Å². The fourth-order valence-electron chi connectivity index (χ4n) is 1.44. The molecule has 0 aliphatic carbocycles. The Morgan fingerprint density at radius 3 is 2.71 bits per heavy atom. The van der Waals surface area contributed by atoms with Gasteiger partial charge in [-0.2, -0.15) is 4.98 Å². The quantitative estimate of drug-likeness (QED) is 0.796. The number of carbonyl (C=O) groups excluding carboxylic acids is 1. The fraction of sp³-hybridized carbons (Fsp3) is 0.250. The number of rotatable bonds is 5. The molecular formula is C12H13N3O2. The third kappa shape index (κ3) is 3.14. The minimum atomic E-state index is 0.0725. The summed E-state index contributed by atoms with van der Waals surface area (Å²) < 4.78 is 4.63. The second-order valence-corrected chi connectivity index (χ2v) is 3.66. The van der Waals surface area contributed by atoms with E-state index >= 15 is 0 Å². The maximum atomic E-state index is 11.1. The van der Waals surface area contributed by atoms with Crippen LogP contribution < -0.4 is 5.32 Å². The van der Waals surface area contributed by atoms with Gasteiger partial charge in [0.15, 0.2) is 11.6 Å². The summed E-state index contributed by atoms with van der Waals surface area (Å²) >= 11 is 0. The van der Waals surface area contributed by atoms with Crippen molar-refractivity contribution in [1.29, 1.82) is 0 Å². The molecule has 2 aromatic rings. The van der Waals surface area contributed by atoms with Gasteiger partial charge in [0.2, 0.25) is 6.39 Å². The van der Waals surface area contributed by atoms with Gasteiger partial charge in [-0.3, -0.25) is 4.79 Å². The minimum absolute atomic E-state index is 0.0725. The van der Waals surface area contributed by atoms with Crippen LogP contribution in [0.1, 0.15) is 23.1 Å². The highest BCUT2D eigenvalue weighted by molar-refractivity contribution is 5.94. The van der Waals surface area contributed by atoms with Gasteiger partial charge >= 0.3 is 0 Å². The van der Waals surface area contributed by atoms with Crippen molar-refractivity contribution in [1.82, 2.24) is 10.1 Å². The lowest BCUT2D eigenvalue weighted by Gasteiger charge is -2.04. The highest BCUT2D eigenvalue weighted by Crippen LogP contribution is 2.09. The number of nitrogens with one attached hydrogen (secondary N) is 1. The maximum Gasteiger partial charge on any atom is 0.213 e. The molecule has 0 saturated heterocycles. The van der Waals surface area contributed by atoms with E-state index in [1.54, 1.807) is 19.1 Å². The normalized spacial score (nSPS) is 10.2. The Kier molecular flexibility index (Phi) is 3.49. The first kappa shape index (κ1) is 11.3. The summed E-state index contributed by atoms with van der Waals surface area (Å²) in [7, 11) is 0. The minimum Gasteiger partial charge on any atom is -0.385 e.